The average Bonchev–Trinajstić information content (AvgIpc) is 2.12. The zero-order valence-corrected chi connectivity index (χ0v) is 11.1. The van der Waals surface area contributed by atoms with E-state index in [-0.39, 0.29) is 0 Å². The molecule has 0 rings (SSSR count). The predicted octanol–water partition coefficient (Wildman–Crippen LogP) is 4.20. The van der Waals surface area contributed by atoms with Crippen molar-refractivity contribution in [1.82, 2.24) is 0 Å². The van der Waals surface area contributed by atoms with Gasteiger partial charge in [0.05, 0.1) is 0 Å². The van der Waals surface area contributed by atoms with Gasteiger partial charge in [-0.25, -0.2) is 0 Å². The predicted molar refractivity (Wildman–Crippen MR) is 69.8 cm³/mol. The van der Waals surface area contributed by atoms with Crippen molar-refractivity contribution in [1.29, 1.82) is 0 Å². The van der Waals surface area contributed by atoms with Gasteiger partial charge in [0.25, 0.3) is 0 Å². The molecule has 0 spiro atoms. The fourth-order valence-electron chi connectivity index (χ4n) is 0.987. The van der Waals surface area contributed by atoms with E-state index >= 15 is 0 Å². The zero-order chi connectivity index (χ0) is 10.8. The summed E-state index contributed by atoms with van der Waals surface area (Å²) in [4.78, 5) is 4.32. The van der Waals surface area contributed by atoms with E-state index in [9.17, 15) is 0 Å². The van der Waals surface area contributed by atoms with E-state index < -0.39 is 0 Å². The quantitative estimate of drug-likeness (QED) is 0.454. The summed E-state index contributed by atoms with van der Waals surface area (Å²) in [7, 11) is 0. The Balaban J connectivity index is 3.37. The molecule has 0 unspecified atom stereocenters. The van der Waals surface area contributed by atoms with Gasteiger partial charge in [0.15, 0.2) is 0 Å². The second-order valence-electron chi connectivity index (χ2n) is 3.87. The van der Waals surface area contributed by atoms with Gasteiger partial charge in [-0.15, -0.1) is 0 Å². The lowest BCUT2D eigenvalue weighted by molar-refractivity contribution is 0.729. The Bertz CT molecular complexity index is 157. The molecule has 3 heteroatoms. The summed E-state index contributed by atoms with van der Waals surface area (Å²) in [6.07, 6.45) is 3.67. The van der Waals surface area contributed by atoms with Crippen LogP contribution in [0.2, 0.25) is 0 Å². The third-order valence-corrected chi connectivity index (χ3v) is 3.51. The molecule has 0 amide bonds. The van der Waals surface area contributed by atoms with Crippen molar-refractivity contribution in [2.75, 3.05) is 18.1 Å². The maximum absolute atomic E-state index is 5.97. The summed E-state index contributed by atoms with van der Waals surface area (Å²) in [6.45, 7) is 7.54. The molecule has 0 atom stereocenters. The molecule has 0 radical (unpaired) electrons. The lowest BCUT2D eigenvalue weighted by atomic mass is 10.2. The molecule has 0 saturated heterocycles. The highest BCUT2D eigenvalue weighted by atomic mass is 35.5. The van der Waals surface area contributed by atoms with Gasteiger partial charge in [-0.3, -0.25) is 4.99 Å². The van der Waals surface area contributed by atoms with Crippen LogP contribution in [0, 0.1) is 5.92 Å². The second kappa shape index (κ2) is 9.85. The van der Waals surface area contributed by atoms with Crippen molar-refractivity contribution < 1.29 is 0 Å². The van der Waals surface area contributed by atoms with Crippen molar-refractivity contribution in [2.45, 2.75) is 40.0 Å². The van der Waals surface area contributed by atoms with E-state index in [1.807, 2.05) is 11.8 Å². The average molecular weight is 236 g/mol. The van der Waals surface area contributed by atoms with Crippen LogP contribution in [-0.2, 0) is 0 Å². The number of nitrogens with zero attached hydrogens (tertiary/aromatic N) is 1. The molecule has 0 aromatic carbocycles. The van der Waals surface area contributed by atoms with E-state index in [2.05, 4.69) is 25.8 Å². The van der Waals surface area contributed by atoms with Gasteiger partial charge >= 0.3 is 0 Å². The summed E-state index contributed by atoms with van der Waals surface area (Å²) >= 11 is 7.84. The third kappa shape index (κ3) is 10.4. The van der Waals surface area contributed by atoms with Gasteiger partial charge in [-0.2, -0.15) is 11.8 Å². The Kier molecular flexibility index (Phi) is 10.1. The van der Waals surface area contributed by atoms with Crippen LogP contribution in [0.1, 0.15) is 40.0 Å². The third-order valence-electron chi connectivity index (χ3n) is 1.72. The molecular formula is C11H22ClNS. The number of aliphatic imine (C=N–C) groups is 1. The minimum absolute atomic E-state index is 0.740. The Morgan fingerprint density at radius 3 is 2.64 bits per heavy atom. The van der Waals surface area contributed by atoms with Gasteiger partial charge in [0, 0.05) is 12.3 Å². The Labute approximate surface area is 97.7 Å². The smallest absolute Gasteiger partial charge is 0.110 e. The number of halogens is 1. The highest BCUT2D eigenvalue weighted by Gasteiger charge is 1.97. The van der Waals surface area contributed by atoms with Gasteiger partial charge in [-0.1, -0.05) is 45.2 Å². The van der Waals surface area contributed by atoms with Gasteiger partial charge in [-0.05, 0) is 18.1 Å². The SMILES string of the molecule is CCCCCN=C(Cl)CSCC(C)C. The first-order chi connectivity index (χ1) is 6.66. The normalized spacial score (nSPS) is 12.5. The first-order valence-corrected chi connectivity index (χ1v) is 6.96. The number of rotatable bonds is 8. The first-order valence-electron chi connectivity index (χ1n) is 5.43. The second-order valence-corrected chi connectivity index (χ2v) is 5.34. The van der Waals surface area contributed by atoms with Gasteiger partial charge < -0.3 is 0 Å². The van der Waals surface area contributed by atoms with Crippen molar-refractivity contribution >= 4 is 28.5 Å². The number of thioether (sulfide) groups is 1. The monoisotopic (exact) mass is 235 g/mol. The minimum atomic E-state index is 0.740. The maximum Gasteiger partial charge on any atom is 0.110 e. The molecule has 0 aliphatic rings. The molecule has 1 nitrogen and oxygen atoms in total. The van der Waals surface area contributed by atoms with Crippen molar-refractivity contribution in [3.8, 4) is 0 Å². The van der Waals surface area contributed by atoms with E-state index in [0.29, 0.717) is 0 Å². The molecule has 0 aromatic heterocycles. The molecule has 0 fully saturated rings. The van der Waals surface area contributed by atoms with E-state index in [1.165, 1.54) is 25.0 Å². The van der Waals surface area contributed by atoms with Crippen LogP contribution < -0.4 is 0 Å². The van der Waals surface area contributed by atoms with Gasteiger partial charge in [0.1, 0.15) is 5.17 Å². The molecule has 0 bridgehead atoms. The summed E-state index contributed by atoms with van der Waals surface area (Å²) in [6, 6.07) is 0. The highest BCUT2D eigenvalue weighted by Crippen LogP contribution is 2.09. The molecular weight excluding hydrogens is 214 g/mol. The summed E-state index contributed by atoms with van der Waals surface area (Å²) in [5.74, 6) is 2.79. The molecule has 0 aliphatic carbocycles. The number of unbranched alkanes of at least 4 members (excludes halogenated alkanes) is 2. The van der Waals surface area contributed by atoms with Crippen molar-refractivity contribution in [3.63, 3.8) is 0 Å². The lowest BCUT2D eigenvalue weighted by Gasteiger charge is -2.02. The van der Waals surface area contributed by atoms with E-state index in [1.54, 1.807) is 0 Å². The topological polar surface area (TPSA) is 12.4 Å². The first kappa shape index (κ1) is 14.3. The van der Waals surface area contributed by atoms with E-state index in [4.69, 9.17) is 11.6 Å². The summed E-state index contributed by atoms with van der Waals surface area (Å²) in [5, 5.41) is 0.784. The van der Waals surface area contributed by atoms with E-state index in [0.717, 1.165) is 23.4 Å². The van der Waals surface area contributed by atoms with Crippen LogP contribution in [0.15, 0.2) is 4.99 Å². The van der Waals surface area contributed by atoms with Crippen LogP contribution in [0.3, 0.4) is 0 Å². The number of hydrogen-bond donors (Lipinski definition) is 0. The molecule has 0 aromatic rings. The lowest BCUT2D eigenvalue weighted by Crippen LogP contribution is -1.98. The Morgan fingerprint density at radius 1 is 1.36 bits per heavy atom. The number of hydrogen-bond acceptors (Lipinski definition) is 2. The largest absolute Gasteiger partial charge is 0.277 e. The summed E-state index contributed by atoms with van der Waals surface area (Å²) < 4.78 is 0. The van der Waals surface area contributed by atoms with Crippen LogP contribution in [0.25, 0.3) is 0 Å². The minimum Gasteiger partial charge on any atom is -0.277 e. The molecule has 0 saturated carbocycles. The molecule has 84 valence electrons. The van der Waals surface area contributed by atoms with Crippen molar-refractivity contribution in [2.24, 2.45) is 10.9 Å². The molecule has 14 heavy (non-hydrogen) atoms. The Hall–Kier alpha value is 0.310. The van der Waals surface area contributed by atoms with Crippen molar-refractivity contribution in [3.05, 3.63) is 0 Å². The van der Waals surface area contributed by atoms with Crippen LogP contribution in [0.4, 0.5) is 0 Å². The molecule has 0 heterocycles. The Morgan fingerprint density at radius 2 is 2.07 bits per heavy atom. The maximum atomic E-state index is 5.97. The van der Waals surface area contributed by atoms with Crippen LogP contribution in [-0.4, -0.2) is 23.2 Å². The van der Waals surface area contributed by atoms with Gasteiger partial charge in [0.2, 0.25) is 0 Å². The fourth-order valence-corrected chi connectivity index (χ4v) is 2.15. The standard InChI is InChI=1S/C11H22ClNS/c1-4-5-6-7-13-11(12)9-14-8-10(2)3/h10H,4-9H2,1-3H3. The fraction of sp³-hybridized carbons (Fsp3) is 0.909. The zero-order valence-electron chi connectivity index (χ0n) is 9.55. The van der Waals surface area contributed by atoms with Crippen LogP contribution in [0.5, 0.6) is 0 Å². The van der Waals surface area contributed by atoms with Crippen LogP contribution >= 0.6 is 23.4 Å². The molecule has 0 N–H and O–H groups in total. The highest BCUT2D eigenvalue weighted by molar-refractivity contribution is 8.00. The molecule has 0 aliphatic heterocycles. The summed E-state index contributed by atoms with van der Waals surface area (Å²) in [5.41, 5.74) is 0.